The first-order valence-electron chi connectivity index (χ1n) is 4.69. The van der Waals surface area contributed by atoms with E-state index >= 15 is 0 Å². The van der Waals surface area contributed by atoms with Gasteiger partial charge in [0, 0.05) is 12.0 Å². The van der Waals surface area contributed by atoms with Crippen LogP contribution in [0.15, 0.2) is 36.6 Å². The summed E-state index contributed by atoms with van der Waals surface area (Å²) < 4.78 is 5.37. The fourth-order valence-corrected chi connectivity index (χ4v) is 1.53. The second-order valence-electron chi connectivity index (χ2n) is 3.41. The van der Waals surface area contributed by atoms with Gasteiger partial charge in [-0.05, 0) is 18.6 Å². The third-order valence-corrected chi connectivity index (χ3v) is 2.38. The maximum absolute atomic E-state index is 11.0. The highest BCUT2D eigenvalue weighted by atomic mass is 16.5. The van der Waals surface area contributed by atoms with Crippen LogP contribution < -0.4 is 0 Å². The van der Waals surface area contributed by atoms with Gasteiger partial charge in [-0.1, -0.05) is 24.3 Å². The van der Waals surface area contributed by atoms with Crippen molar-refractivity contribution in [3.8, 4) is 0 Å². The van der Waals surface area contributed by atoms with Crippen LogP contribution in [-0.4, -0.2) is 5.78 Å². The van der Waals surface area contributed by atoms with Crippen molar-refractivity contribution in [3.63, 3.8) is 0 Å². The molecule has 0 bridgehead atoms. The molecule has 2 nitrogen and oxygen atoms in total. The van der Waals surface area contributed by atoms with Crippen LogP contribution >= 0.6 is 0 Å². The van der Waals surface area contributed by atoms with E-state index in [0.29, 0.717) is 0 Å². The van der Waals surface area contributed by atoms with Crippen molar-refractivity contribution in [2.75, 3.05) is 0 Å². The standard InChI is InChI=1S/C12H12O2/c1-9(13)10-4-6-11(7-5-10)12-3-2-8-14-12/h2,4-8,12H,3H2,1H3. The number of hydrogen-bond donors (Lipinski definition) is 0. The molecule has 1 aliphatic heterocycles. The minimum Gasteiger partial charge on any atom is -0.493 e. The average molecular weight is 188 g/mol. The van der Waals surface area contributed by atoms with Crippen molar-refractivity contribution in [3.05, 3.63) is 47.7 Å². The molecule has 0 saturated carbocycles. The Labute approximate surface area is 83.2 Å². The minimum absolute atomic E-state index is 0.0991. The monoisotopic (exact) mass is 188 g/mol. The first-order valence-corrected chi connectivity index (χ1v) is 4.69. The molecule has 1 aromatic rings. The minimum atomic E-state index is 0.0991. The van der Waals surface area contributed by atoms with E-state index in [2.05, 4.69) is 0 Å². The molecule has 0 amide bonds. The lowest BCUT2D eigenvalue weighted by Gasteiger charge is -2.10. The summed E-state index contributed by atoms with van der Waals surface area (Å²) in [4.78, 5) is 11.0. The number of ether oxygens (including phenoxy) is 1. The quantitative estimate of drug-likeness (QED) is 0.667. The van der Waals surface area contributed by atoms with Crippen molar-refractivity contribution in [1.82, 2.24) is 0 Å². The van der Waals surface area contributed by atoms with Gasteiger partial charge in [-0.15, -0.1) is 0 Å². The normalized spacial score (nSPS) is 19.4. The van der Waals surface area contributed by atoms with E-state index in [1.807, 2.05) is 30.3 Å². The van der Waals surface area contributed by atoms with Crippen LogP contribution in [0.2, 0.25) is 0 Å². The Morgan fingerprint density at radius 2 is 2.07 bits per heavy atom. The number of benzene rings is 1. The van der Waals surface area contributed by atoms with Crippen LogP contribution in [-0.2, 0) is 4.74 Å². The van der Waals surface area contributed by atoms with E-state index in [-0.39, 0.29) is 11.9 Å². The molecule has 0 aromatic heterocycles. The third-order valence-electron chi connectivity index (χ3n) is 2.38. The Kier molecular flexibility index (Phi) is 2.35. The van der Waals surface area contributed by atoms with Crippen molar-refractivity contribution >= 4 is 5.78 Å². The molecule has 1 atom stereocenters. The summed E-state index contributed by atoms with van der Waals surface area (Å²) >= 11 is 0. The summed E-state index contributed by atoms with van der Waals surface area (Å²) in [6.45, 7) is 1.57. The molecule has 2 heteroatoms. The first-order chi connectivity index (χ1) is 6.77. The molecule has 0 fully saturated rings. The molecule has 1 heterocycles. The highest BCUT2D eigenvalue weighted by Gasteiger charge is 2.13. The highest BCUT2D eigenvalue weighted by Crippen LogP contribution is 2.26. The fourth-order valence-electron chi connectivity index (χ4n) is 1.53. The lowest BCUT2D eigenvalue weighted by molar-refractivity contribution is 0.101. The van der Waals surface area contributed by atoms with Crippen LogP contribution in [0.3, 0.4) is 0 Å². The Bertz CT molecular complexity index is 354. The van der Waals surface area contributed by atoms with Crippen LogP contribution in [0.25, 0.3) is 0 Å². The Balaban J connectivity index is 2.17. The second-order valence-corrected chi connectivity index (χ2v) is 3.41. The lowest BCUT2D eigenvalue weighted by atomic mass is 10.0. The van der Waals surface area contributed by atoms with Gasteiger partial charge in [0.2, 0.25) is 0 Å². The maximum atomic E-state index is 11.0. The Morgan fingerprint density at radius 1 is 1.36 bits per heavy atom. The molecule has 2 rings (SSSR count). The smallest absolute Gasteiger partial charge is 0.159 e. The van der Waals surface area contributed by atoms with Gasteiger partial charge in [0.1, 0.15) is 6.10 Å². The number of Topliss-reactive ketones (excluding diaryl/α,β-unsaturated/α-hetero) is 1. The summed E-state index contributed by atoms with van der Waals surface area (Å²) in [5.74, 6) is 0.0991. The molecular weight excluding hydrogens is 176 g/mol. The zero-order valence-electron chi connectivity index (χ0n) is 8.07. The molecule has 1 aliphatic rings. The van der Waals surface area contributed by atoms with E-state index < -0.39 is 0 Å². The largest absolute Gasteiger partial charge is 0.493 e. The van der Waals surface area contributed by atoms with Crippen molar-refractivity contribution in [2.24, 2.45) is 0 Å². The van der Waals surface area contributed by atoms with Crippen LogP contribution in [0, 0.1) is 0 Å². The van der Waals surface area contributed by atoms with Gasteiger partial charge < -0.3 is 4.74 Å². The predicted molar refractivity (Wildman–Crippen MR) is 54.0 cm³/mol. The zero-order valence-corrected chi connectivity index (χ0v) is 8.07. The van der Waals surface area contributed by atoms with Gasteiger partial charge >= 0.3 is 0 Å². The molecule has 0 spiro atoms. The molecule has 0 saturated heterocycles. The van der Waals surface area contributed by atoms with Gasteiger partial charge in [0.25, 0.3) is 0 Å². The van der Waals surface area contributed by atoms with E-state index in [9.17, 15) is 4.79 Å². The molecule has 0 N–H and O–H groups in total. The topological polar surface area (TPSA) is 26.3 Å². The van der Waals surface area contributed by atoms with E-state index in [1.54, 1.807) is 13.2 Å². The van der Waals surface area contributed by atoms with Gasteiger partial charge in [0.15, 0.2) is 5.78 Å². The highest BCUT2D eigenvalue weighted by molar-refractivity contribution is 5.94. The van der Waals surface area contributed by atoms with E-state index in [1.165, 1.54) is 0 Å². The number of carbonyl (C=O) groups is 1. The Morgan fingerprint density at radius 3 is 2.57 bits per heavy atom. The number of hydrogen-bond acceptors (Lipinski definition) is 2. The van der Waals surface area contributed by atoms with Crippen molar-refractivity contribution < 1.29 is 9.53 Å². The van der Waals surface area contributed by atoms with Crippen LogP contribution in [0.1, 0.15) is 35.4 Å². The SMILES string of the molecule is CC(=O)c1ccc(C2CC=CO2)cc1. The molecule has 14 heavy (non-hydrogen) atoms. The molecule has 0 aliphatic carbocycles. The summed E-state index contributed by atoms with van der Waals surface area (Å²) in [5, 5.41) is 0. The average Bonchev–Trinajstić information content (AvgIpc) is 2.71. The van der Waals surface area contributed by atoms with Gasteiger partial charge in [-0.25, -0.2) is 0 Å². The van der Waals surface area contributed by atoms with E-state index in [0.717, 1.165) is 17.5 Å². The summed E-state index contributed by atoms with van der Waals surface area (Å²) in [6.07, 6.45) is 4.78. The Hall–Kier alpha value is -1.57. The van der Waals surface area contributed by atoms with Crippen molar-refractivity contribution in [1.29, 1.82) is 0 Å². The first kappa shape index (κ1) is 9.00. The summed E-state index contributed by atoms with van der Waals surface area (Å²) in [5.41, 5.74) is 1.87. The summed E-state index contributed by atoms with van der Waals surface area (Å²) in [6, 6.07) is 7.60. The lowest BCUT2D eigenvalue weighted by Crippen LogP contribution is -1.97. The maximum Gasteiger partial charge on any atom is 0.159 e. The number of ketones is 1. The second kappa shape index (κ2) is 3.66. The van der Waals surface area contributed by atoms with Crippen LogP contribution in [0.5, 0.6) is 0 Å². The van der Waals surface area contributed by atoms with Gasteiger partial charge in [-0.3, -0.25) is 4.79 Å². The van der Waals surface area contributed by atoms with Gasteiger partial charge in [0.05, 0.1) is 6.26 Å². The molecule has 1 unspecified atom stereocenters. The van der Waals surface area contributed by atoms with Crippen LogP contribution in [0.4, 0.5) is 0 Å². The van der Waals surface area contributed by atoms with E-state index in [4.69, 9.17) is 4.74 Å². The molecular formula is C12H12O2. The number of rotatable bonds is 2. The number of carbonyl (C=O) groups excluding carboxylic acids is 1. The molecule has 0 radical (unpaired) electrons. The fraction of sp³-hybridized carbons (Fsp3) is 0.250. The molecule has 1 aromatic carbocycles. The van der Waals surface area contributed by atoms with Crippen molar-refractivity contribution in [2.45, 2.75) is 19.4 Å². The molecule has 72 valence electrons. The zero-order chi connectivity index (χ0) is 9.97. The van der Waals surface area contributed by atoms with Gasteiger partial charge in [-0.2, -0.15) is 0 Å². The summed E-state index contributed by atoms with van der Waals surface area (Å²) in [7, 11) is 0. The predicted octanol–water partition coefficient (Wildman–Crippen LogP) is 2.86. The third kappa shape index (κ3) is 1.69.